The molecule has 0 heterocycles. The van der Waals surface area contributed by atoms with Crippen LogP contribution in [0.15, 0.2) is 0 Å². The molecule has 0 bridgehead atoms. The Morgan fingerprint density at radius 3 is 1.89 bits per heavy atom. The van der Waals surface area contributed by atoms with E-state index >= 15 is 0 Å². The molecule has 0 aliphatic carbocycles. The number of halogens is 4. The smallest absolute Gasteiger partial charge is 0.102 e. The van der Waals surface area contributed by atoms with Crippen molar-refractivity contribution in [3.05, 3.63) is 0 Å². The van der Waals surface area contributed by atoms with E-state index in [1.165, 1.54) is 0 Å². The van der Waals surface area contributed by atoms with Crippen LogP contribution in [0.25, 0.3) is 0 Å². The van der Waals surface area contributed by atoms with Gasteiger partial charge in [0, 0.05) is 0 Å². The Labute approximate surface area is 75.4 Å². The van der Waals surface area contributed by atoms with Crippen molar-refractivity contribution in [1.29, 1.82) is 0 Å². The van der Waals surface area contributed by atoms with Crippen molar-refractivity contribution in [2.45, 2.75) is 28.9 Å². The van der Waals surface area contributed by atoms with Crippen LogP contribution < -0.4 is 0 Å². The van der Waals surface area contributed by atoms with Crippen molar-refractivity contribution in [2.24, 2.45) is 0 Å². The zero-order chi connectivity index (χ0) is 7.49. The Bertz CT molecular complexity index is 79.0. The molecule has 0 aliphatic rings. The molecule has 9 heavy (non-hydrogen) atoms. The third-order valence-corrected chi connectivity index (χ3v) is 2.91. The molecule has 0 spiro atoms. The van der Waals surface area contributed by atoms with E-state index in [0.717, 1.165) is 6.42 Å². The van der Waals surface area contributed by atoms with Gasteiger partial charge in [-0.3, -0.25) is 0 Å². The van der Waals surface area contributed by atoms with Crippen molar-refractivity contribution in [2.75, 3.05) is 0 Å². The summed E-state index contributed by atoms with van der Waals surface area (Å²) in [4.78, 5) is -0.708. The van der Waals surface area contributed by atoms with Gasteiger partial charge in [-0.2, -0.15) is 0 Å². The fraction of sp³-hybridized carbons (Fsp3) is 1.00. The van der Waals surface area contributed by atoms with E-state index in [4.69, 9.17) is 46.4 Å². The lowest BCUT2D eigenvalue weighted by Crippen LogP contribution is -2.20. The lowest BCUT2D eigenvalue weighted by molar-refractivity contribution is 0.712. The minimum Gasteiger partial charge on any atom is -0.102 e. The second-order valence-electron chi connectivity index (χ2n) is 1.81. The summed E-state index contributed by atoms with van der Waals surface area (Å²) in [6, 6.07) is 0. The molecule has 0 amide bonds. The molecule has 0 fully saturated rings. The SMILES string of the molecule is CCCC(Cl)(Cl)C(Cl)Cl. The van der Waals surface area contributed by atoms with E-state index in [9.17, 15) is 0 Å². The molecule has 0 saturated carbocycles. The number of hydrogen-bond acceptors (Lipinski definition) is 0. The summed E-state index contributed by atoms with van der Waals surface area (Å²) >= 11 is 22.2. The Hall–Kier alpha value is 1.16. The van der Waals surface area contributed by atoms with Crippen molar-refractivity contribution in [3.8, 4) is 0 Å². The van der Waals surface area contributed by atoms with E-state index < -0.39 is 9.17 Å². The lowest BCUT2D eigenvalue weighted by atomic mass is 10.3. The summed E-state index contributed by atoms with van der Waals surface area (Å²) in [5.41, 5.74) is 0. The Balaban J connectivity index is 3.70. The average Bonchev–Trinajstić information content (AvgIpc) is 1.65. The van der Waals surface area contributed by atoms with Gasteiger partial charge in [0.25, 0.3) is 0 Å². The zero-order valence-corrected chi connectivity index (χ0v) is 8.03. The highest BCUT2D eigenvalue weighted by atomic mass is 35.5. The predicted molar refractivity (Wildman–Crippen MR) is 44.8 cm³/mol. The first kappa shape index (κ1) is 10.2. The fourth-order valence-corrected chi connectivity index (χ4v) is 1.04. The van der Waals surface area contributed by atoms with E-state index in [2.05, 4.69) is 0 Å². The number of alkyl halides is 4. The number of hydrogen-bond donors (Lipinski definition) is 0. The van der Waals surface area contributed by atoms with Gasteiger partial charge >= 0.3 is 0 Å². The first-order valence-electron chi connectivity index (χ1n) is 2.66. The highest BCUT2D eigenvalue weighted by molar-refractivity contribution is 6.59. The van der Waals surface area contributed by atoms with Crippen molar-refractivity contribution >= 4 is 46.4 Å². The molecule has 0 aromatic heterocycles. The molecule has 0 radical (unpaired) electrons. The Morgan fingerprint density at radius 2 is 1.78 bits per heavy atom. The molecule has 0 aromatic carbocycles. The van der Waals surface area contributed by atoms with Crippen LogP contribution in [-0.4, -0.2) is 9.17 Å². The van der Waals surface area contributed by atoms with E-state index in [-0.39, 0.29) is 0 Å². The van der Waals surface area contributed by atoms with Gasteiger partial charge in [0.15, 0.2) is 0 Å². The highest BCUT2D eigenvalue weighted by Gasteiger charge is 2.30. The molecule has 0 unspecified atom stereocenters. The van der Waals surface area contributed by atoms with Gasteiger partial charge in [0.05, 0.1) is 0 Å². The molecule has 0 rings (SSSR count). The van der Waals surface area contributed by atoms with E-state index in [1.54, 1.807) is 0 Å². The summed E-state index contributed by atoms with van der Waals surface area (Å²) < 4.78 is -0.974. The third kappa shape index (κ3) is 3.77. The summed E-state index contributed by atoms with van der Waals surface area (Å²) in [7, 11) is 0. The summed E-state index contributed by atoms with van der Waals surface area (Å²) in [5, 5.41) is 0. The normalized spacial score (nSPS) is 12.7. The van der Waals surface area contributed by atoms with Crippen LogP contribution in [0, 0.1) is 0 Å². The molecule has 0 aliphatic heterocycles. The molecule has 56 valence electrons. The fourth-order valence-electron chi connectivity index (χ4n) is 0.442. The van der Waals surface area contributed by atoms with Crippen LogP contribution in [0.4, 0.5) is 0 Å². The molecule has 0 nitrogen and oxygen atoms in total. The second-order valence-corrected chi connectivity index (χ2v) is 4.45. The Morgan fingerprint density at radius 1 is 1.33 bits per heavy atom. The summed E-state index contributed by atoms with van der Waals surface area (Å²) in [5.74, 6) is 0. The summed E-state index contributed by atoms with van der Waals surface area (Å²) in [6.07, 6.45) is 1.50. The number of rotatable bonds is 3. The molecule has 0 aromatic rings. The van der Waals surface area contributed by atoms with Gasteiger partial charge in [-0.05, 0) is 6.42 Å². The zero-order valence-electron chi connectivity index (χ0n) is 5.00. The first-order valence-corrected chi connectivity index (χ1v) is 4.29. The van der Waals surface area contributed by atoms with Crippen LogP contribution in [-0.2, 0) is 0 Å². The average molecular weight is 210 g/mol. The van der Waals surface area contributed by atoms with Crippen LogP contribution in [0.5, 0.6) is 0 Å². The lowest BCUT2D eigenvalue weighted by Gasteiger charge is -2.18. The molecule has 0 saturated heterocycles. The third-order valence-electron chi connectivity index (χ3n) is 0.903. The highest BCUT2D eigenvalue weighted by Crippen LogP contribution is 2.35. The monoisotopic (exact) mass is 208 g/mol. The quantitative estimate of drug-likeness (QED) is 0.622. The second kappa shape index (κ2) is 4.12. The van der Waals surface area contributed by atoms with Gasteiger partial charge in [0.1, 0.15) is 9.17 Å². The van der Waals surface area contributed by atoms with Crippen molar-refractivity contribution in [3.63, 3.8) is 0 Å². The molecular formula is C5H8Cl4. The maximum atomic E-state index is 5.67. The predicted octanol–water partition coefficient (Wildman–Crippen LogP) is 3.76. The van der Waals surface area contributed by atoms with Crippen molar-refractivity contribution in [1.82, 2.24) is 0 Å². The summed E-state index contributed by atoms with van der Waals surface area (Å²) in [6.45, 7) is 1.97. The first-order chi connectivity index (χ1) is 4.00. The maximum absolute atomic E-state index is 5.67. The Kier molecular flexibility index (Phi) is 4.66. The van der Waals surface area contributed by atoms with Gasteiger partial charge in [-0.15, -0.1) is 23.2 Å². The minimum atomic E-state index is -0.974. The largest absolute Gasteiger partial charge is 0.148 e. The van der Waals surface area contributed by atoms with Crippen LogP contribution >= 0.6 is 46.4 Å². The van der Waals surface area contributed by atoms with Gasteiger partial charge in [0.2, 0.25) is 0 Å². The van der Waals surface area contributed by atoms with Gasteiger partial charge in [-0.25, -0.2) is 0 Å². The van der Waals surface area contributed by atoms with E-state index in [1.807, 2.05) is 6.92 Å². The maximum Gasteiger partial charge on any atom is 0.148 e. The van der Waals surface area contributed by atoms with Gasteiger partial charge < -0.3 is 0 Å². The van der Waals surface area contributed by atoms with Crippen LogP contribution in [0.1, 0.15) is 19.8 Å². The topological polar surface area (TPSA) is 0 Å². The molecule has 0 atom stereocenters. The van der Waals surface area contributed by atoms with Gasteiger partial charge in [-0.1, -0.05) is 36.5 Å². The standard InChI is InChI=1S/C5H8Cl4/c1-2-3-5(8,9)4(6)7/h4H,2-3H2,1H3. The van der Waals surface area contributed by atoms with Crippen LogP contribution in [0.2, 0.25) is 0 Å². The molecule has 4 heteroatoms. The van der Waals surface area contributed by atoms with Crippen LogP contribution in [0.3, 0.4) is 0 Å². The van der Waals surface area contributed by atoms with Crippen molar-refractivity contribution < 1.29 is 0 Å². The molecule has 0 N–H and O–H groups in total. The molecular weight excluding hydrogens is 202 g/mol. The minimum absolute atomic E-state index is 0.619. The van der Waals surface area contributed by atoms with E-state index in [0.29, 0.717) is 6.42 Å².